The van der Waals surface area contributed by atoms with Gasteiger partial charge in [0.25, 0.3) is 5.69 Å². The number of hydrogen-bond acceptors (Lipinski definition) is 9. The second-order valence-corrected chi connectivity index (χ2v) is 8.35. The molecule has 0 saturated carbocycles. The Labute approximate surface area is 190 Å². The van der Waals surface area contributed by atoms with E-state index >= 15 is 0 Å². The van der Waals surface area contributed by atoms with E-state index < -0.39 is 10.8 Å². The van der Waals surface area contributed by atoms with Gasteiger partial charge in [-0.3, -0.25) is 14.9 Å². The summed E-state index contributed by atoms with van der Waals surface area (Å²) in [5.41, 5.74) is 1.67. The number of nitro groups is 1. The minimum Gasteiger partial charge on any atom is -0.506 e. The van der Waals surface area contributed by atoms with Crippen LogP contribution in [0.4, 0.5) is 11.4 Å². The fourth-order valence-electron chi connectivity index (χ4n) is 3.00. The monoisotopic (exact) mass is 468 g/mol. The maximum atomic E-state index is 12.5. The summed E-state index contributed by atoms with van der Waals surface area (Å²) >= 11 is 2.70. The zero-order valence-electron chi connectivity index (χ0n) is 16.6. The van der Waals surface area contributed by atoms with Crippen molar-refractivity contribution in [2.75, 3.05) is 18.2 Å². The highest BCUT2D eigenvalue weighted by atomic mass is 32.2. The molecule has 2 heterocycles. The van der Waals surface area contributed by atoms with E-state index in [1.165, 1.54) is 35.5 Å². The zero-order valence-corrected chi connectivity index (χ0v) is 18.3. The lowest BCUT2D eigenvalue weighted by atomic mass is 10.1. The highest BCUT2D eigenvalue weighted by Gasteiger charge is 2.16. The van der Waals surface area contributed by atoms with E-state index in [9.17, 15) is 20.0 Å². The molecule has 4 aromatic rings. The van der Waals surface area contributed by atoms with Crippen LogP contribution in [0.5, 0.6) is 11.5 Å². The van der Waals surface area contributed by atoms with Gasteiger partial charge in [-0.2, -0.15) is 0 Å². The molecule has 0 aliphatic rings. The fourth-order valence-corrected chi connectivity index (χ4v) is 4.79. The summed E-state index contributed by atoms with van der Waals surface area (Å²) in [5, 5.41) is 26.8. The standard InChI is InChI=1S/C21H16N4O5S2/c1-30-14-5-2-12(3-6-14)15-9-31-20-19(15)21(23-11-22-20)32-10-18(27)24-16-8-13(25(28)29)4-7-17(16)26/h2-9,11,26H,10H2,1H3,(H,24,27). The number of rotatable bonds is 7. The van der Waals surface area contributed by atoms with Gasteiger partial charge in [-0.1, -0.05) is 23.9 Å². The lowest BCUT2D eigenvalue weighted by molar-refractivity contribution is -0.384. The Balaban J connectivity index is 1.55. The Morgan fingerprint density at radius 1 is 1.25 bits per heavy atom. The number of hydrogen-bond donors (Lipinski definition) is 2. The van der Waals surface area contributed by atoms with Crippen molar-refractivity contribution in [3.05, 3.63) is 64.3 Å². The molecular weight excluding hydrogens is 452 g/mol. The lowest BCUT2D eigenvalue weighted by Crippen LogP contribution is -2.14. The van der Waals surface area contributed by atoms with E-state index in [-0.39, 0.29) is 22.9 Å². The van der Waals surface area contributed by atoms with E-state index in [1.807, 2.05) is 29.6 Å². The van der Waals surface area contributed by atoms with Crippen LogP contribution in [0.1, 0.15) is 0 Å². The van der Waals surface area contributed by atoms with Gasteiger partial charge in [0, 0.05) is 23.1 Å². The Morgan fingerprint density at radius 3 is 2.75 bits per heavy atom. The van der Waals surface area contributed by atoms with Gasteiger partial charge in [0.15, 0.2) is 0 Å². The molecule has 0 aliphatic carbocycles. The molecular formula is C21H16N4O5S2. The number of aromatic hydroxyl groups is 1. The van der Waals surface area contributed by atoms with Crippen molar-refractivity contribution in [1.82, 2.24) is 9.97 Å². The Kier molecular flexibility index (Phi) is 6.19. The summed E-state index contributed by atoms with van der Waals surface area (Å²) < 4.78 is 5.21. The molecule has 0 bridgehead atoms. The largest absolute Gasteiger partial charge is 0.506 e. The van der Waals surface area contributed by atoms with Gasteiger partial charge < -0.3 is 15.2 Å². The fraction of sp³-hybridized carbons (Fsp3) is 0.0952. The average Bonchev–Trinajstić information content (AvgIpc) is 3.24. The van der Waals surface area contributed by atoms with Gasteiger partial charge in [0.1, 0.15) is 27.7 Å². The number of methoxy groups -OCH3 is 1. The van der Waals surface area contributed by atoms with Crippen LogP contribution in [-0.2, 0) is 4.79 Å². The van der Waals surface area contributed by atoms with Gasteiger partial charge in [-0.25, -0.2) is 9.97 Å². The van der Waals surface area contributed by atoms with Crippen molar-refractivity contribution in [2.45, 2.75) is 5.03 Å². The molecule has 11 heteroatoms. The Bertz CT molecular complexity index is 1310. The molecule has 2 N–H and O–H groups in total. The smallest absolute Gasteiger partial charge is 0.271 e. The Hall–Kier alpha value is -3.70. The maximum absolute atomic E-state index is 12.5. The molecule has 0 fully saturated rings. The SMILES string of the molecule is COc1ccc(-c2csc3ncnc(SCC(=O)Nc4cc([N+](=O)[O-])ccc4O)c23)cc1. The summed E-state index contributed by atoms with van der Waals surface area (Å²) in [6.45, 7) is 0. The average molecular weight is 469 g/mol. The molecule has 2 aromatic carbocycles. The number of aromatic nitrogens is 2. The first-order valence-electron chi connectivity index (χ1n) is 9.23. The zero-order chi connectivity index (χ0) is 22.7. The van der Waals surface area contributed by atoms with Crippen LogP contribution in [0, 0.1) is 10.1 Å². The van der Waals surface area contributed by atoms with Crippen molar-refractivity contribution >= 4 is 50.6 Å². The number of thioether (sulfide) groups is 1. The van der Waals surface area contributed by atoms with Crippen LogP contribution in [0.2, 0.25) is 0 Å². The van der Waals surface area contributed by atoms with Crippen LogP contribution < -0.4 is 10.1 Å². The van der Waals surface area contributed by atoms with E-state index in [2.05, 4.69) is 15.3 Å². The summed E-state index contributed by atoms with van der Waals surface area (Å²) in [4.78, 5) is 32.3. The minimum atomic E-state index is -0.598. The third-order valence-corrected chi connectivity index (χ3v) is 6.42. The van der Waals surface area contributed by atoms with Crippen molar-refractivity contribution in [2.24, 2.45) is 0 Å². The van der Waals surface area contributed by atoms with E-state index in [4.69, 9.17) is 4.74 Å². The molecule has 4 rings (SSSR count). The molecule has 0 atom stereocenters. The van der Waals surface area contributed by atoms with E-state index in [1.54, 1.807) is 7.11 Å². The first kappa shape index (κ1) is 21.5. The molecule has 2 aromatic heterocycles. The van der Waals surface area contributed by atoms with Crippen molar-refractivity contribution in [3.63, 3.8) is 0 Å². The van der Waals surface area contributed by atoms with Crippen molar-refractivity contribution in [3.8, 4) is 22.6 Å². The number of non-ortho nitro benzene ring substituents is 1. The molecule has 0 saturated heterocycles. The summed E-state index contributed by atoms with van der Waals surface area (Å²) in [6, 6.07) is 11.1. The van der Waals surface area contributed by atoms with Gasteiger partial charge in [-0.05, 0) is 23.8 Å². The predicted octanol–water partition coefficient (Wildman–Crippen LogP) is 4.71. The minimum absolute atomic E-state index is 0.00779. The predicted molar refractivity (Wildman–Crippen MR) is 124 cm³/mol. The lowest BCUT2D eigenvalue weighted by Gasteiger charge is -2.08. The number of anilines is 1. The number of phenolic OH excluding ortho intramolecular Hbond substituents is 1. The summed E-state index contributed by atoms with van der Waals surface area (Å²) in [7, 11) is 1.61. The topological polar surface area (TPSA) is 127 Å². The number of amides is 1. The number of carbonyl (C=O) groups is 1. The quantitative estimate of drug-likeness (QED) is 0.131. The summed E-state index contributed by atoms with van der Waals surface area (Å²) in [5.74, 6) is 0.0589. The molecule has 1 amide bonds. The number of thiophene rings is 1. The molecule has 0 radical (unpaired) electrons. The Morgan fingerprint density at radius 2 is 2.03 bits per heavy atom. The highest BCUT2D eigenvalue weighted by Crippen LogP contribution is 2.38. The van der Waals surface area contributed by atoms with Crippen LogP contribution in [-0.4, -0.2) is 38.8 Å². The van der Waals surface area contributed by atoms with Gasteiger partial charge in [0.2, 0.25) is 5.91 Å². The number of nitro benzene ring substituents is 1. The molecule has 162 valence electrons. The third-order valence-electron chi connectivity index (χ3n) is 4.54. The first-order valence-corrected chi connectivity index (χ1v) is 11.1. The highest BCUT2D eigenvalue weighted by molar-refractivity contribution is 8.00. The summed E-state index contributed by atoms with van der Waals surface area (Å²) in [6.07, 6.45) is 1.45. The van der Waals surface area contributed by atoms with Crippen molar-refractivity contribution in [1.29, 1.82) is 0 Å². The van der Waals surface area contributed by atoms with Gasteiger partial charge in [0.05, 0.1) is 28.9 Å². The number of carbonyl (C=O) groups excluding carboxylic acids is 1. The second-order valence-electron chi connectivity index (χ2n) is 6.53. The number of nitrogens with one attached hydrogen (secondary N) is 1. The number of nitrogens with zero attached hydrogens (tertiary/aromatic N) is 3. The number of phenols is 1. The molecule has 0 aliphatic heterocycles. The molecule has 9 nitrogen and oxygen atoms in total. The number of fused-ring (bicyclic) bond motifs is 1. The van der Waals surface area contributed by atoms with Gasteiger partial charge in [-0.15, -0.1) is 11.3 Å². The van der Waals surface area contributed by atoms with E-state index in [0.29, 0.717) is 5.03 Å². The van der Waals surface area contributed by atoms with Crippen LogP contribution in [0.3, 0.4) is 0 Å². The first-order chi connectivity index (χ1) is 15.5. The number of ether oxygens (including phenoxy) is 1. The van der Waals surface area contributed by atoms with Crippen molar-refractivity contribution < 1.29 is 19.6 Å². The van der Waals surface area contributed by atoms with Gasteiger partial charge >= 0.3 is 0 Å². The third kappa shape index (κ3) is 4.48. The van der Waals surface area contributed by atoms with Crippen LogP contribution >= 0.6 is 23.1 Å². The van der Waals surface area contributed by atoms with E-state index in [0.717, 1.165) is 39.2 Å². The normalized spacial score (nSPS) is 10.8. The van der Waals surface area contributed by atoms with Crippen LogP contribution in [0.15, 0.2) is 59.2 Å². The number of benzene rings is 2. The van der Waals surface area contributed by atoms with Crippen LogP contribution in [0.25, 0.3) is 21.3 Å². The maximum Gasteiger partial charge on any atom is 0.271 e. The molecule has 32 heavy (non-hydrogen) atoms. The second kappa shape index (κ2) is 9.20. The molecule has 0 spiro atoms. The molecule has 0 unspecified atom stereocenters.